The molecule has 0 spiro atoms. The zero-order chi connectivity index (χ0) is 18.0. The van der Waals surface area contributed by atoms with Gasteiger partial charge in [-0.25, -0.2) is 9.97 Å². The molecule has 0 aromatic carbocycles. The summed E-state index contributed by atoms with van der Waals surface area (Å²) in [5.74, 6) is 1.28. The molecule has 1 aliphatic heterocycles. The molecule has 3 heterocycles. The second kappa shape index (κ2) is 7.66. The molecular weight excluding hydrogens is 336 g/mol. The van der Waals surface area contributed by atoms with Crippen molar-refractivity contribution in [2.24, 2.45) is 5.92 Å². The van der Waals surface area contributed by atoms with Crippen molar-refractivity contribution in [3.05, 3.63) is 16.8 Å². The van der Waals surface area contributed by atoms with Gasteiger partial charge < -0.3 is 15.0 Å². The quantitative estimate of drug-likeness (QED) is 0.854. The lowest BCUT2D eigenvalue weighted by atomic mass is 10.1. The minimum Gasteiger partial charge on any atom is -0.376 e. The van der Waals surface area contributed by atoms with E-state index in [1.54, 1.807) is 11.2 Å². The number of nitrogens with zero attached hydrogens (tertiary/aromatic N) is 3. The minimum atomic E-state index is 0.0549. The van der Waals surface area contributed by atoms with Crippen molar-refractivity contribution in [2.75, 3.05) is 32.1 Å². The first kappa shape index (κ1) is 18.1. The van der Waals surface area contributed by atoms with Crippen LogP contribution in [-0.2, 0) is 4.74 Å². The summed E-state index contributed by atoms with van der Waals surface area (Å²) in [5.41, 5.74) is 0.955. The molecule has 2 aromatic rings. The fourth-order valence-corrected chi connectivity index (χ4v) is 4.37. The van der Waals surface area contributed by atoms with Crippen LogP contribution in [0.1, 0.15) is 41.9 Å². The summed E-state index contributed by atoms with van der Waals surface area (Å²) in [7, 11) is 1.86. The zero-order valence-electron chi connectivity index (χ0n) is 15.3. The number of hydrogen-bond donors (Lipinski definition) is 1. The van der Waals surface area contributed by atoms with E-state index in [2.05, 4.69) is 29.1 Å². The summed E-state index contributed by atoms with van der Waals surface area (Å²) in [6.07, 6.45) is 3.99. The second-order valence-electron chi connectivity index (χ2n) is 7.05. The molecule has 136 valence electrons. The summed E-state index contributed by atoms with van der Waals surface area (Å²) < 4.78 is 5.66. The number of ether oxygens (including phenoxy) is 1. The van der Waals surface area contributed by atoms with Gasteiger partial charge in [0.2, 0.25) is 0 Å². The number of aryl methyl sites for hydroxylation is 1. The van der Waals surface area contributed by atoms with Gasteiger partial charge in [0.15, 0.2) is 0 Å². The van der Waals surface area contributed by atoms with Crippen molar-refractivity contribution >= 4 is 33.3 Å². The molecule has 6 nitrogen and oxygen atoms in total. The number of hydrogen-bond acceptors (Lipinski definition) is 6. The SMILES string of the molecule is Cc1c(C(=O)N(C)CC(C)C)sc2ncnc(NC[C@H]3CCCO3)c12. The molecule has 0 bridgehead atoms. The van der Waals surface area contributed by atoms with E-state index in [1.165, 1.54) is 11.3 Å². The van der Waals surface area contributed by atoms with Gasteiger partial charge in [-0.3, -0.25) is 4.79 Å². The molecule has 7 heteroatoms. The normalized spacial score (nSPS) is 17.4. The number of carbonyl (C=O) groups is 1. The zero-order valence-corrected chi connectivity index (χ0v) is 16.2. The highest BCUT2D eigenvalue weighted by atomic mass is 32.1. The Morgan fingerprint density at radius 1 is 1.48 bits per heavy atom. The van der Waals surface area contributed by atoms with Crippen molar-refractivity contribution in [1.82, 2.24) is 14.9 Å². The van der Waals surface area contributed by atoms with Gasteiger partial charge in [-0.15, -0.1) is 11.3 Å². The molecule has 2 aromatic heterocycles. The molecule has 1 N–H and O–H groups in total. The Bertz CT molecular complexity index is 753. The van der Waals surface area contributed by atoms with E-state index in [0.717, 1.165) is 59.0 Å². The molecule has 1 atom stereocenters. The average molecular weight is 362 g/mol. The van der Waals surface area contributed by atoms with Gasteiger partial charge in [-0.05, 0) is 31.2 Å². The fourth-order valence-electron chi connectivity index (χ4n) is 3.23. The predicted molar refractivity (Wildman–Crippen MR) is 101 cm³/mol. The Balaban J connectivity index is 1.85. The number of carbonyl (C=O) groups excluding carboxylic acids is 1. The molecule has 1 amide bonds. The molecule has 25 heavy (non-hydrogen) atoms. The molecule has 0 aliphatic carbocycles. The number of anilines is 1. The minimum absolute atomic E-state index is 0.0549. The van der Waals surface area contributed by atoms with Gasteiger partial charge in [-0.1, -0.05) is 13.8 Å². The predicted octanol–water partition coefficient (Wildman–Crippen LogP) is 3.32. The third-order valence-corrected chi connectivity index (χ3v) is 5.62. The summed E-state index contributed by atoms with van der Waals surface area (Å²) in [4.78, 5) is 25.0. The van der Waals surface area contributed by atoms with E-state index >= 15 is 0 Å². The second-order valence-corrected chi connectivity index (χ2v) is 8.05. The van der Waals surface area contributed by atoms with Crippen molar-refractivity contribution in [3.63, 3.8) is 0 Å². The van der Waals surface area contributed by atoms with Crippen LogP contribution in [0.4, 0.5) is 5.82 Å². The smallest absolute Gasteiger partial charge is 0.264 e. The molecule has 0 unspecified atom stereocenters. The lowest BCUT2D eigenvalue weighted by molar-refractivity contribution is 0.0783. The van der Waals surface area contributed by atoms with Gasteiger partial charge in [0, 0.05) is 26.7 Å². The van der Waals surface area contributed by atoms with Crippen molar-refractivity contribution in [1.29, 1.82) is 0 Å². The standard InChI is InChI=1S/C18H26N4O2S/c1-11(2)9-22(4)18(23)15-12(3)14-16(20-10-21-17(14)25-15)19-8-13-6-5-7-24-13/h10-11,13H,5-9H2,1-4H3,(H,19,20,21)/t13-/m1/s1. The van der Waals surface area contributed by atoms with E-state index < -0.39 is 0 Å². The van der Waals surface area contributed by atoms with Crippen LogP contribution in [0.5, 0.6) is 0 Å². The molecule has 1 fully saturated rings. The Morgan fingerprint density at radius 3 is 2.96 bits per heavy atom. The molecule has 1 aliphatic rings. The first-order valence-electron chi connectivity index (χ1n) is 8.82. The van der Waals surface area contributed by atoms with Gasteiger partial charge >= 0.3 is 0 Å². The number of rotatable bonds is 6. The van der Waals surface area contributed by atoms with Crippen molar-refractivity contribution in [2.45, 2.75) is 39.7 Å². The van der Waals surface area contributed by atoms with Gasteiger partial charge in [-0.2, -0.15) is 0 Å². The molecule has 0 radical (unpaired) electrons. The van der Waals surface area contributed by atoms with E-state index in [0.29, 0.717) is 5.92 Å². The summed E-state index contributed by atoms with van der Waals surface area (Å²) >= 11 is 1.45. The molecule has 3 rings (SSSR count). The van der Waals surface area contributed by atoms with Crippen LogP contribution in [0.25, 0.3) is 10.2 Å². The summed E-state index contributed by atoms with van der Waals surface area (Å²) in [5, 5.41) is 4.34. The first-order chi connectivity index (χ1) is 12.0. The van der Waals surface area contributed by atoms with Crippen LogP contribution in [0.2, 0.25) is 0 Å². The van der Waals surface area contributed by atoms with Crippen LogP contribution >= 0.6 is 11.3 Å². The monoisotopic (exact) mass is 362 g/mol. The highest BCUT2D eigenvalue weighted by Crippen LogP contribution is 2.34. The lowest BCUT2D eigenvalue weighted by Crippen LogP contribution is -2.30. The van der Waals surface area contributed by atoms with E-state index in [1.807, 2.05) is 14.0 Å². The third-order valence-electron chi connectivity index (χ3n) is 4.43. The van der Waals surface area contributed by atoms with Crippen LogP contribution < -0.4 is 5.32 Å². The maximum Gasteiger partial charge on any atom is 0.264 e. The number of fused-ring (bicyclic) bond motifs is 1. The first-order valence-corrected chi connectivity index (χ1v) is 9.64. The van der Waals surface area contributed by atoms with E-state index in [9.17, 15) is 4.79 Å². The molecular formula is C18H26N4O2S. The van der Waals surface area contributed by atoms with Crippen LogP contribution in [0.3, 0.4) is 0 Å². The highest BCUT2D eigenvalue weighted by molar-refractivity contribution is 7.20. The van der Waals surface area contributed by atoms with Gasteiger partial charge in [0.05, 0.1) is 16.4 Å². The molecule has 0 saturated carbocycles. The number of nitrogens with one attached hydrogen (secondary N) is 1. The number of amides is 1. The Hall–Kier alpha value is -1.73. The highest BCUT2D eigenvalue weighted by Gasteiger charge is 2.23. The van der Waals surface area contributed by atoms with E-state index in [4.69, 9.17) is 4.74 Å². The third kappa shape index (κ3) is 3.93. The topological polar surface area (TPSA) is 67.4 Å². The van der Waals surface area contributed by atoms with Crippen LogP contribution in [0, 0.1) is 12.8 Å². The lowest BCUT2D eigenvalue weighted by Gasteiger charge is -2.19. The Morgan fingerprint density at radius 2 is 2.28 bits per heavy atom. The number of thiophene rings is 1. The summed E-state index contributed by atoms with van der Waals surface area (Å²) in [6.45, 7) is 8.51. The van der Waals surface area contributed by atoms with Crippen LogP contribution in [-0.4, -0.2) is 53.6 Å². The Kier molecular flexibility index (Phi) is 5.54. The van der Waals surface area contributed by atoms with Crippen molar-refractivity contribution < 1.29 is 9.53 Å². The average Bonchev–Trinajstić information content (AvgIpc) is 3.20. The largest absolute Gasteiger partial charge is 0.376 e. The van der Waals surface area contributed by atoms with E-state index in [-0.39, 0.29) is 12.0 Å². The fraction of sp³-hybridized carbons (Fsp3) is 0.611. The van der Waals surface area contributed by atoms with Crippen molar-refractivity contribution in [3.8, 4) is 0 Å². The molecule has 1 saturated heterocycles. The number of aromatic nitrogens is 2. The maximum absolute atomic E-state index is 12.8. The maximum atomic E-state index is 12.8. The summed E-state index contributed by atoms with van der Waals surface area (Å²) in [6, 6.07) is 0. The van der Waals surface area contributed by atoms with Crippen LogP contribution in [0.15, 0.2) is 6.33 Å². The van der Waals surface area contributed by atoms with Gasteiger partial charge in [0.1, 0.15) is 17.0 Å². The Labute approximate surface area is 152 Å². The van der Waals surface area contributed by atoms with Gasteiger partial charge in [0.25, 0.3) is 5.91 Å².